The quantitative estimate of drug-likeness (QED) is 0.900. The summed E-state index contributed by atoms with van der Waals surface area (Å²) in [6.07, 6.45) is 4.12. The highest BCUT2D eigenvalue weighted by atomic mass is 32.1. The molecule has 3 nitrogen and oxygen atoms in total. The lowest BCUT2D eigenvalue weighted by atomic mass is 10.2. The Bertz CT molecular complexity index is 467. The molecule has 0 aliphatic rings. The Kier molecular flexibility index (Phi) is 3.88. The first-order valence-corrected chi connectivity index (χ1v) is 6.37. The summed E-state index contributed by atoms with van der Waals surface area (Å²) in [6, 6.07) is 7.67. The van der Waals surface area contributed by atoms with Crippen LogP contribution in [0.5, 0.6) is 0 Å². The van der Waals surface area contributed by atoms with Gasteiger partial charge in [0.1, 0.15) is 0 Å². The van der Waals surface area contributed by atoms with Crippen molar-refractivity contribution in [1.29, 1.82) is 0 Å². The monoisotopic (exact) mass is 246 g/mol. The van der Waals surface area contributed by atoms with E-state index in [9.17, 15) is 4.79 Å². The largest absolute Gasteiger partial charge is 0.349 e. The predicted octanol–water partition coefficient (Wildman–Crippen LogP) is 2.50. The molecule has 0 aliphatic carbocycles. The van der Waals surface area contributed by atoms with Gasteiger partial charge in [-0.2, -0.15) is 0 Å². The highest BCUT2D eigenvalue weighted by molar-refractivity contribution is 7.09. The lowest BCUT2D eigenvalue weighted by Crippen LogP contribution is -2.33. The van der Waals surface area contributed by atoms with Gasteiger partial charge in [0.25, 0.3) is 5.91 Å². The van der Waals surface area contributed by atoms with Gasteiger partial charge in [-0.15, -0.1) is 11.3 Å². The molecule has 2 aromatic heterocycles. The van der Waals surface area contributed by atoms with Crippen LogP contribution in [0.4, 0.5) is 0 Å². The van der Waals surface area contributed by atoms with Crippen molar-refractivity contribution in [3.05, 3.63) is 52.5 Å². The minimum Gasteiger partial charge on any atom is -0.349 e. The normalized spacial score (nSPS) is 12.1. The molecule has 88 valence electrons. The number of amides is 1. The maximum atomic E-state index is 11.8. The van der Waals surface area contributed by atoms with Gasteiger partial charge in [-0.3, -0.25) is 9.78 Å². The minimum atomic E-state index is -0.0449. The van der Waals surface area contributed by atoms with Crippen LogP contribution >= 0.6 is 11.3 Å². The summed E-state index contributed by atoms with van der Waals surface area (Å²) < 4.78 is 0. The second-order valence-corrected chi connectivity index (χ2v) is 4.93. The zero-order valence-corrected chi connectivity index (χ0v) is 10.4. The molecule has 4 heteroatoms. The molecule has 17 heavy (non-hydrogen) atoms. The first-order valence-electron chi connectivity index (χ1n) is 5.49. The molecule has 2 aromatic rings. The van der Waals surface area contributed by atoms with Gasteiger partial charge in [-0.05, 0) is 30.5 Å². The summed E-state index contributed by atoms with van der Waals surface area (Å²) in [5.74, 6) is -0.0449. The van der Waals surface area contributed by atoms with E-state index in [2.05, 4.69) is 16.4 Å². The smallest absolute Gasteiger partial charge is 0.251 e. The number of rotatable bonds is 4. The van der Waals surface area contributed by atoms with Crippen molar-refractivity contribution >= 4 is 17.2 Å². The molecule has 0 bridgehead atoms. The summed E-state index contributed by atoms with van der Waals surface area (Å²) in [5.41, 5.74) is 0.651. The number of pyridine rings is 1. The highest BCUT2D eigenvalue weighted by Gasteiger charge is 2.10. The average Bonchev–Trinajstić information content (AvgIpc) is 2.82. The van der Waals surface area contributed by atoms with Crippen LogP contribution in [0, 0.1) is 0 Å². The van der Waals surface area contributed by atoms with Crippen LogP contribution in [-0.2, 0) is 6.42 Å². The molecule has 0 spiro atoms. The van der Waals surface area contributed by atoms with Gasteiger partial charge in [0.05, 0.1) is 0 Å². The topological polar surface area (TPSA) is 42.0 Å². The molecule has 0 saturated heterocycles. The average molecular weight is 246 g/mol. The van der Waals surface area contributed by atoms with Gasteiger partial charge in [0, 0.05) is 35.3 Å². The lowest BCUT2D eigenvalue weighted by Gasteiger charge is -2.12. The second kappa shape index (κ2) is 5.59. The van der Waals surface area contributed by atoms with Crippen LogP contribution in [-0.4, -0.2) is 16.9 Å². The van der Waals surface area contributed by atoms with Gasteiger partial charge in [-0.1, -0.05) is 6.07 Å². The van der Waals surface area contributed by atoms with E-state index in [1.807, 2.05) is 18.4 Å². The van der Waals surface area contributed by atoms with E-state index < -0.39 is 0 Å². The molecule has 0 aliphatic heterocycles. The van der Waals surface area contributed by atoms with Crippen molar-refractivity contribution in [3.63, 3.8) is 0 Å². The molecule has 1 N–H and O–H groups in total. The molecule has 1 amide bonds. The Hall–Kier alpha value is -1.68. The lowest BCUT2D eigenvalue weighted by molar-refractivity contribution is 0.0940. The van der Waals surface area contributed by atoms with Crippen LogP contribution in [0.15, 0.2) is 42.0 Å². The van der Waals surface area contributed by atoms with Crippen molar-refractivity contribution in [1.82, 2.24) is 10.3 Å². The van der Waals surface area contributed by atoms with Crippen LogP contribution in [0.1, 0.15) is 22.2 Å². The zero-order valence-electron chi connectivity index (χ0n) is 9.59. The third-order valence-corrected chi connectivity index (χ3v) is 3.31. The molecule has 0 aromatic carbocycles. The number of nitrogens with one attached hydrogen (secondary N) is 1. The van der Waals surface area contributed by atoms with Gasteiger partial charge < -0.3 is 5.32 Å². The van der Waals surface area contributed by atoms with Crippen molar-refractivity contribution in [2.24, 2.45) is 0 Å². The zero-order chi connectivity index (χ0) is 12.1. The third kappa shape index (κ3) is 3.39. The molecule has 2 heterocycles. The Morgan fingerprint density at radius 3 is 2.82 bits per heavy atom. The molecule has 2 rings (SSSR count). The van der Waals surface area contributed by atoms with E-state index in [-0.39, 0.29) is 11.9 Å². The number of carbonyl (C=O) groups excluding carboxylic acids is 1. The molecular weight excluding hydrogens is 232 g/mol. The SMILES string of the molecule is C[C@@H](Cc1cccs1)NC(=O)c1ccncc1. The number of aromatic nitrogens is 1. The first kappa shape index (κ1) is 11.8. The fourth-order valence-corrected chi connectivity index (χ4v) is 2.43. The van der Waals surface area contributed by atoms with Crippen molar-refractivity contribution in [2.45, 2.75) is 19.4 Å². The van der Waals surface area contributed by atoms with Crippen LogP contribution in [0.2, 0.25) is 0 Å². The minimum absolute atomic E-state index is 0.0449. The van der Waals surface area contributed by atoms with Crippen molar-refractivity contribution in [3.8, 4) is 0 Å². The molecule has 0 unspecified atom stereocenters. The summed E-state index contributed by atoms with van der Waals surface area (Å²) in [7, 11) is 0. The fourth-order valence-electron chi connectivity index (χ4n) is 1.59. The highest BCUT2D eigenvalue weighted by Crippen LogP contribution is 2.11. The Labute approximate surface area is 105 Å². The second-order valence-electron chi connectivity index (χ2n) is 3.89. The van der Waals surface area contributed by atoms with E-state index in [1.54, 1.807) is 35.9 Å². The number of nitrogens with zero attached hydrogens (tertiary/aromatic N) is 1. The van der Waals surface area contributed by atoms with Gasteiger partial charge in [0.15, 0.2) is 0 Å². The van der Waals surface area contributed by atoms with Crippen molar-refractivity contribution in [2.75, 3.05) is 0 Å². The van der Waals surface area contributed by atoms with E-state index >= 15 is 0 Å². The summed E-state index contributed by atoms with van der Waals surface area (Å²) in [5, 5.41) is 5.02. The predicted molar refractivity (Wildman–Crippen MR) is 69.2 cm³/mol. The molecule has 1 atom stereocenters. The standard InChI is InChI=1S/C13H14N2OS/c1-10(9-12-3-2-8-17-12)15-13(16)11-4-6-14-7-5-11/h2-8,10H,9H2,1H3,(H,15,16)/t10-/m0/s1. The maximum absolute atomic E-state index is 11.8. The fraction of sp³-hybridized carbons (Fsp3) is 0.231. The van der Waals surface area contributed by atoms with Gasteiger partial charge in [0.2, 0.25) is 0 Å². The van der Waals surface area contributed by atoms with Gasteiger partial charge >= 0.3 is 0 Å². The van der Waals surface area contributed by atoms with E-state index in [4.69, 9.17) is 0 Å². The van der Waals surface area contributed by atoms with Crippen LogP contribution in [0.3, 0.4) is 0 Å². The number of hydrogen-bond acceptors (Lipinski definition) is 3. The van der Waals surface area contributed by atoms with E-state index in [0.29, 0.717) is 5.56 Å². The maximum Gasteiger partial charge on any atom is 0.251 e. The Morgan fingerprint density at radius 1 is 1.41 bits per heavy atom. The molecular formula is C13H14N2OS. The molecule has 0 fully saturated rings. The van der Waals surface area contributed by atoms with Crippen LogP contribution in [0.25, 0.3) is 0 Å². The molecule has 0 saturated carbocycles. The third-order valence-electron chi connectivity index (χ3n) is 2.41. The van der Waals surface area contributed by atoms with Crippen LogP contribution < -0.4 is 5.32 Å². The van der Waals surface area contributed by atoms with Crippen molar-refractivity contribution < 1.29 is 4.79 Å². The Morgan fingerprint density at radius 2 is 2.18 bits per heavy atom. The first-order chi connectivity index (χ1) is 8.25. The molecule has 0 radical (unpaired) electrons. The van der Waals surface area contributed by atoms with E-state index in [1.165, 1.54) is 4.88 Å². The number of thiophene rings is 1. The number of carbonyl (C=O) groups is 1. The van der Waals surface area contributed by atoms with E-state index in [0.717, 1.165) is 6.42 Å². The summed E-state index contributed by atoms with van der Waals surface area (Å²) >= 11 is 1.71. The summed E-state index contributed by atoms with van der Waals surface area (Å²) in [6.45, 7) is 2.01. The Balaban J connectivity index is 1.91. The number of hydrogen-bond donors (Lipinski definition) is 1. The van der Waals surface area contributed by atoms with Gasteiger partial charge in [-0.25, -0.2) is 0 Å². The summed E-state index contributed by atoms with van der Waals surface area (Å²) in [4.78, 5) is 17.0.